The third kappa shape index (κ3) is 3.20. The van der Waals surface area contributed by atoms with E-state index in [1.54, 1.807) is 0 Å². The summed E-state index contributed by atoms with van der Waals surface area (Å²) in [7, 11) is 2.89. The van der Waals surface area contributed by atoms with Crippen molar-refractivity contribution in [3.63, 3.8) is 0 Å². The molecule has 0 aromatic carbocycles. The molecule has 0 amide bonds. The normalized spacial score (nSPS) is 51.9. The van der Waals surface area contributed by atoms with Crippen LogP contribution in [0.2, 0.25) is 0 Å². The average Bonchev–Trinajstić information content (AvgIpc) is 2.63. The van der Waals surface area contributed by atoms with Gasteiger partial charge >= 0.3 is 11.9 Å². The second-order valence-corrected chi connectivity index (χ2v) is 11.8. The van der Waals surface area contributed by atoms with Crippen molar-refractivity contribution in [1.82, 2.24) is 0 Å². The highest BCUT2D eigenvalue weighted by atomic mass is 19.1. The number of alkyl halides is 1. The number of rotatable bonds is 2. The van der Waals surface area contributed by atoms with Crippen molar-refractivity contribution in [1.29, 1.82) is 0 Å². The van der Waals surface area contributed by atoms with Crippen LogP contribution < -0.4 is 0 Å². The van der Waals surface area contributed by atoms with Crippen LogP contribution in [0.5, 0.6) is 0 Å². The van der Waals surface area contributed by atoms with Gasteiger partial charge in [-0.2, -0.15) is 0 Å². The number of halogens is 1. The maximum Gasteiger partial charge on any atom is 0.311 e. The highest BCUT2D eigenvalue weighted by Crippen LogP contribution is 2.63. The van der Waals surface area contributed by atoms with E-state index in [2.05, 4.69) is 0 Å². The van der Waals surface area contributed by atoms with Gasteiger partial charge in [-0.05, 0) is 101 Å². The molecule has 8 rings (SSSR count). The molecule has 8 bridgehead atoms. The van der Waals surface area contributed by atoms with E-state index < -0.39 is 16.7 Å². The Kier molecular flexibility index (Phi) is 4.60. The molecule has 0 saturated heterocycles. The van der Waals surface area contributed by atoms with Gasteiger partial charge in [-0.15, -0.1) is 0 Å². The first kappa shape index (κ1) is 20.7. The Morgan fingerprint density at radius 2 is 1.13 bits per heavy atom. The van der Waals surface area contributed by atoms with Gasteiger partial charge < -0.3 is 14.6 Å². The van der Waals surface area contributed by atoms with Crippen molar-refractivity contribution >= 4 is 11.9 Å². The molecule has 0 radical (unpaired) electrons. The Morgan fingerprint density at radius 3 is 1.50 bits per heavy atom. The minimum absolute atomic E-state index is 0.0879. The van der Waals surface area contributed by atoms with E-state index >= 15 is 0 Å². The van der Waals surface area contributed by atoms with Crippen LogP contribution >= 0.6 is 0 Å². The molecular formula is C24H35FO5. The fourth-order valence-electron chi connectivity index (χ4n) is 9.28. The lowest BCUT2D eigenvalue weighted by molar-refractivity contribution is -0.193. The minimum atomic E-state index is -1.06. The smallest absolute Gasteiger partial charge is 0.311 e. The van der Waals surface area contributed by atoms with E-state index in [1.165, 1.54) is 20.6 Å². The van der Waals surface area contributed by atoms with Crippen molar-refractivity contribution in [3.8, 4) is 0 Å². The molecule has 8 aliphatic rings. The number of carbonyl (C=O) groups is 2. The van der Waals surface area contributed by atoms with Gasteiger partial charge in [0, 0.05) is 0 Å². The number of aliphatic hydroxyl groups is 1. The van der Waals surface area contributed by atoms with Crippen LogP contribution in [-0.2, 0) is 19.1 Å². The monoisotopic (exact) mass is 422 g/mol. The molecule has 6 heteroatoms. The van der Waals surface area contributed by atoms with E-state index in [4.69, 9.17) is 9.47 Å². The third-order valence-corrected chi connectivity index (χ3v) is 9.26. The summed E-state index contributed by atoms with van der Waals surface area (Å²) in [6.45, 7) is 0. The Balaban J connectivity index is 0.000000128. The minimum Gasteiger partial charge on any atom is -0.469 e. The molecular weight excluding hydrogens is 387 g/mol. The number of methoxy groups -OCH3 is 2. The fourth-order valence-corrected chi connectivity index (χ4v) is 9.28. The first-order valence-electron chi connectivity index (χ1n) is 11.7. The highest BCUT2D eigenvalue weighted by molar-refractivity contribution is 5.78. The van der Waals surface area contributed by atoms with Crippen LogP contribution in [0.4, 0.5) is 4.39 Å². The van der Waals surface area contributed by atoms with Crippen molar-refractivity contribution in [2.45, 2.75) is 88.3 Å². The van der Waals surface area contributed by atoms with Crippen molar-refractivity contribution in [2.75, 3.05) is 14.2 Å². The van der Waals surface area contributed by atoms with Crippen LogP contribution in [-0.4, -0.2) is 42.5 Å². The molecule has 0 aliphatic heterocycles. The Labute approximate surface area is 178 Å². The van der Waals surface area contributed by atoms with Crippen LogP contribution in [0.3, 0.4) is 0 Å². The second kappa shape index (κ2) is 6.66. The van der Waals surface area contributed by atoms with Crippen molar-refractivity contribution < 1.29 is 28.6 Å². The van der Waals surface area contributed by atoms with E-state index in [1.807, 2.05) is 0 Å². The van der Waals surface area contributed by atoms with Crippen LogP contribution in [0.1, 0.15) is 77.0 Å². The van der Waals surface area contributed by atoms with Gasteiger partial charge in [0.05, 0.1) is 30.7 Å². The molecule has 30 heavy (non-hydrogen) atoms. The fraction of sp³-hybridized carbons (Fsp3) is 0.917. The zero-order chi connectivity index (χ0) is 21.4. The second-order valence-electron chi connectivity index (χ2n) is 11.8. The predicted octanol–water partition coefficient (Wildman–Crippen LogP) is 3.96. The summed E-state index contributed by atoms with van der Waals surface area (Å²) in [4.78, 5) is 23.7. The van der Waals surface area contributed by atoms with Crippen molar-refractivity contribution in [2.24, 2.45) is 34.5 Å². The first-order valence-corrected chi connectivity index (χ1v) is 11.7. The highest BCUT2D eigenvalue weighted by Gasteiger charge is 2.62. The molecule has 168 valence electrons. The number of carbonyl (C=O) groups excluding carboxylic acids is 2. The third-order valence-electron chi connectivity index (χ3n) is 9.26. The van der Waals surface area contributed by atoms with Gasteiger partial charge in [0.2, 0.25) is 0 Å². The van der Waals surface area contributed by atoms with E-state index in [9.17, 15) is 19.1 Å². The standard InChI is InChI=1S/C12H17FO2.C12H18O3/c1-15-10(14)11-3-8-2-9(4-11)6-12(13,5-8)7-11;1-15-10(13)11-3-8-2-9(4-11)6-12(14,5-8)7-11/h8-9H,2-7H2,1H3;8-9,14H,2-7H2,1H3. The van der Waals surface area contributed by atoms with Gasteiger partial charge in [0.1, 0.15) is 5.67 Å². The zero-order valence-electron chi connectivity index (χ0n) is 18.3. The molecule has 0 spiro atoms. The Hall–Kier alpha value is -1.17. The van der Waals surface area contributed by atoms with E-state index in [-0.39, 0.29) is 17.4 Å². The molecule has 8 saturated carbocycles. The molecule has 5 nitrogen and oxygen atoms in total. The summed E-state index contributed by atoms with van der Waals surface area (Å²) in [5, 5.41) is 10.4. The van der Waals surface area contributed by atoms with Crippen molar-refractivity contribution in [3.05, 3.63) is 0 Å². The largest absolute Gasteiger partial charge is 0.469 e. The number of esters is 2. The van der Waals surface area contributed by atoms with Crippen LogP contribution in [0, 0.1) is 34.5 Å². The molecule has 8 aliphatic carbocycles. The van der Waals surface area contributed by atoms with E-state index in [0.29, 0.717) is 49.4 Å². The lowest BCUT2D eigenvalue weighted by atomic mass is 9.48. The molecule has 0 heterocycles. The SMILES string of the molecule is COC(=O)C12CC3CC(CC(F)(C3)C1)C2.COC(=O)C12CC3CC(CC(O)(C3)C1)C2. The number of ether oxygens (including phenoxy) is 2. The summed E-state index contributed by atoms with van der Waals surface area (Å²) in [6.07, 6.45) is 10.2. The summed E-state index contributed by atoms with van der Waals surface area (Å²) >= 11 is 0. The first-order chi connectivity index (χ1) is 14.1. The van der Waals surface area contributed by atoms with Crippen LogP contribution in [0.15, 0.2) is 0 Å². The maximum absolute atomic E-state index is 14.4. The number of hydrogen-bond donors (Lipinski definition) is 1. The Bertz CT molecular complexity index is 658. The topological polar surface area (TPSA) is 72.8 Å². The number of hydrogen-bond acceptors (Lipinski definition) is 5. The maximum atomic E-state index is 14.4. The molecule has 4 unspecified atom stereocenters. The summed E-state index contributed by atoms with van der Waals surface area (Å²) in [5.74, 6) is 1.70. The van der Waals surface area contributed by atoms with Crippen LogP contribution in [0.25, 0.3) is 0 Å². The molecule has 4 atom stereocenters. The van der Waals surface area contributed by atoms with Gasteiger partial charge in [-0.1, -0.05) is 0 Å². The zero-order valence-corrected chi connectivity index (χ0v) is 18.3. The Morgan fingerprint density at radius 1 is 0.733 bits per heavy atom. The summed E-state index contributed by atoms with van der Waals surface area (Å²) in [5.41, 5.74) is -2.42. The van der Waals surface area contributed by atoms with Gasteiger partial charge in [0.15, 0.2) is 0 Å². The summed E-state index contributed by atoms with van der Waals surface area (Å²) in [6, 6.07) is 0. The molecule has 8 fully saturated rings. The quantitative estimate of drug-likeness (QED) is 0.682. The molecule has 1 N–H and O–H groups in total. The van der Waals surface area contributed by atoms with Gasteiger partial charge in [-0.3, -0.25) is 9.59 Å². The summed E-state index contributed by atoms with van der Waals surface area (Å²) < 4.78 is 24.2. The lowest BCUT2D eigenvalue weighted by Crippen LogP contribution is -2.58. The average molecular weight is 423 g/mol. The van der Waals surface area contributed by atoms with E-state index in [0.717, 1.165) is 44.9 Å². The van der Waals surface area contributed by atoms with Gasteiger partial charge in [0.25, 0.3) is 0 Å². The molecule has 0 aromatic rings. The molecule has 0 aromatic heterocycles. The lowest BCUT2D eigenvalue weighted by Gasteiger charge is -2.58. The predicted molar refractivity (Wildman–Crippen MR) is 107 cm³/mol. The van der Waals surface area contributed by atoms with Gasteiger partial charge in [-0.25, -0.2) is 4.39 Å².